The minimum absolute atomic E-state index is 0.00954. The Morgan fingerprint density at radius 2 is 1.65 bits per heavy atom. The van der Waals surface area contributed by atoms with Gasteiger partial charge >= 0.3 is 12.1 Å². The summed E-state index contributed by atoms with van der Waals surface area (Å²) in [6, 6.07) is 7.89. The summed E-state index contributed by atoms with van der Waals surface area (Å²) in [6.45, 7) is 15.9. The van der Waals surface area contributed by atoms with Gasteiger partial charge < -0.3 is 24.0 Å². The molecular weight excluding hydrogens is 652 g/mol. The number of carbonyl (C=O) groups is 3. The van der Waals surface area contributed by atoms with Gasteiger partial charge in [0.05, 0.1) is 18.2 Å². The molecule has 6 aliphatic rings. The predicted octanol–water partition coefficient (Wildman–Crippen LogP) is 8.20. The van der Waals surface area contributed by atoms with E-state index in [0.29, 0.717) is 37.7 Å². The number of benzene rings is 1. The van der Waals surface area contributed by atoms with E-state index in [-0.39, 0.29) is 45.8 Å². The average Bonchev–Trinajstić information content (AvgIpc) is 3.14. The third-order valence-electron chi connectivity index (χ3n) is 14.8. The van der Waals surface area contributed by atoms with Crippen LogP contribution in [0.2, 0.25) is 0 Å². The molecule has 6 atom stereocenters. The molecule has 1 aromatic carbocycles. The van der Waals surface area contributed by atoms with Gasteiger partial charge in [-0.25, -0.2) is 4.79 Å². The van der Waals surface area contributed by atoms with Crippen LogP contribution in [0.1, 0.15) is 86.5 Å². The first-order valence-electron chi connectivity index (χ1n) is 19.0. The van der Waals surface area contributed by atoms with Crippen LogP contribution in [0.5, 0.6) is 5.75 Å². The van der Waals surface area contributed by atoms with Crippen molar-refractivity contribution in [2.45, 2.75) is 86.5 Å². The van der Waals surface area contributed by atoms with Crippen LogP contribution in [0.25, 0.3) is 0 Å². The van der Waals surface area contributed by atoms with Crippen molar-refractivity contribution in [2.24, 2.45) is 33.0 Å². The highest BCUT2D eigenvalue weighted by atomic mass is 16.6. The van der Waals surface area contributed by atoms with Crippen LogP contribution in [-0.4, -0.2) is 62.6 Å². The number of anilines is 1. The number of amides is 1. The number of carbonyl (C=O) groups excluding carboxylic acids is 3. The number of fused-ring (bicyclic) bond motifs is 7. The van der Waals surface area contributed by atoms with E-state index in [0.717, 1.165) is 67.5 Å². The molecule has 0 radical (unpaired) electrons. The van der Waals surface area contributed by atoms with Gasteiger partial charge in [-0.15, -0.1) is 6.42 Å². The van der Waals surface area contributed by atoms with E-state index in [1.165, 1.54) is 5.57 Å². The second kappa shape index (κ2) is 12.7. The van der Waals surface area contributed by atoms with E-state index in [9.17, 15) is 14.4 Å². The number of nitrogens with zero attached hydrogens (tertiary/aromatic N) is 2. The standard InChI is InChI=1S/C44H54N2O6/c1-9-26-51-38(48)41(4)17-16-40(3)18-20-43(6)35-15-14-30-29(2)37(33(47)27-31(30)42(35,5)19-21-44(43,7)36(40)28-41)52-39(49)46-24-22-45(23-25-46)32-12-10-11-13-34(32)50-8/h1,10-15,27,36H,16-26,28H2,2-8H3/t36-,40-,41-,42+,43-,44+/m1/s1. The monoisotopic (exact) mass is 706 g/mol. The highest BCUT2D eigenvalue weighted by molar-refractivity contribution is 6.08. The maximum atomic E-state index is 13.9. The predicted molar refractivity (Wildman–Crippen MR) is 201 cm³/mol. The average molecular weight is 707 g/mol. The number of piperazine rings is 1. The number of allylic oxidation sites excluding steroid dienone is 7. The Kier molecular flexibility index (Phi) is 8.83. The molecule has 276 valence electrons. The summed E-state index contributed by atoms with van der Waals surface area (Å²) in [5.41, 5.74) is 4.15. The van der Waals surface area contributed by atoms with Crippen molar-refractivity contribution in [2.75, 3.05) is 44.8 Å². The summed E-state index contributed by atoms with van der Waals surface area (Å²) in [7, 11) is 1.66. The zero-order valence-electron chi connectivity index (χ0n) is 32.0. The van der Waals surface area contributed by atoms with Crippen LogP contribution in [0.4, 0.5) is 10.5 Å². The van der Waals surface area contributed by atoms with Crippen LogP contribution in [-0.2, 0) is 19.1 Å². The molecular formula is C44H54N2O6. The lowest BCUT2D eigenvalue weighted by molar-refractivity contribution is -0.181. The Labute approximate surface area is 309 Å². The van der Waals surface area contributed by atoms with Crippen LogP contribution < -0.4 is 9.64 Å². The van der Waals surface area contributed by atoms with Crippen molar-refractivity contribution in [1.82, 2.24) is 4.90 Å². The lowest BCUT2D eigenvalue weighted by Crippen LogP contribution is -2.62. The number of hydrogen-bond donors (Lipinski definition) is 0. The topological polar surface area (TPSA) is 85.4 Å². The SMILES string of the molecule is C#CCOC(=O)[C@]1(C)CC[C@]2(C)CC[C@]3(C)C4=CC=C5C(=CC(=O)C(OC(=O)N6CCN(c7ccccc7OC)CC6)=C5C)[C@]4(C)CC[C@@]3(C)[C@@H]2C1. The van der Waals surface area contributed by atoms with Gasteiger partial charge in [0, 0.05) is 37.2 Å². The number of terminal acetylenes is 1. The Morgan fingerprint density at radius 1 is 0.942 bits per heavy atom. The number of esters is 1. The smallest absolute Gasteiger partial charge is 0.415 e. The quantitative estimate of drug-likeness (QED) is 0.226. The Morgan fingerprint density at radius 3 is 2.37 bits per heavy atom. The second-order valence-corrected chi connectivity index (χ2v) is 17.4. The van der Waals surface area contributed by atoms with Crippen molar-refractivity contribution in [1.29, 1.82) is 0 Å². The molecule has 8 heteroatoms. The zero-order chi connectivity index (χ0) is 37.3. The highest BCUT2D eigenvalue weighted by Gasteiger charge is 2.67. The van der Waals surface area contributed by atoms with Crippen LogP contribution >= 0.6 is 0 Å². The number of ether oxygens (including phenoxy) is 3. The van der Waals surface area contributed by atoms with E-state index >= 15 is 0 Å². The molecule has 4 fully saturated rings. The summed E-state index contributed by atoms with van der Waals surface area (Å²) < 4.78 is 17.0. The second-order valence-electron chi connectivity index (χ2n) is 17.4. The molecule has 0 aromatic heterocycles. The lowest BCUT2D eigenvalue weighted by atomic mass is 9.34. The van der Waals surface area contributed by atoms with Gasteiger partial charge in [-0.05, 0) is 110 Å². The summed E-state index contributed by atoms with van der Waals surface area (Å²) in [4.78, 5) is 44.6. The van der Waals surface area contributed by atoms with Crippen molar-refractivity contribution in [3.63, 3.8) is 0 Å². The van der Waals surface area contributed by atoms with Gasteiger partial charge in [0.2, 0.25) is 5.78 Å². The van der Waals surface area contributed by atoms with Crippen LogP contribution in [0.3, 0.4) is 0 Å². The number of para-hydroxylation sites is 2. The molecule has 8 nitrogen and oxygen atoms in total. The third kappa shape index (κ3) is 5.36. The number of ketones is 1. The first-order chi connectivity index (χ1) is 24.6. The molecule has 7 rings (SSSR count). The van der Waals surface area contributed by atoms with Crippen LogP contribution in [0.15, 0.2) is 70.5 Å². The molecule has 1 saturated heterocycles. The van der Waals surface area contributed by atoms with Crippen LogP contribution in [0, 0.1) is 45.3 Å². The number of rotatable bonds is 5. The van der Waals surface area contributed by atoms with Crippen molar-refractivity contribution < 1.29 is 28.6 Å². The minimum Gasteiger partial charge on any atom is -0.495 e. The lowest BCUT2D eigenvalue weighted by Gasteiger charge is -2.70. The van der Waals surface area contributed by atoms with E-state index in [1.807, 2.05) is 31.2 Å². The highest BCUT2D eigenvalue weighted by Crippen LogP contribution is 2.75. The van der Waals surface area contributed by atoms with Crippen molar-refractivity contribution >= 4 is 23.5 Å². The first kappa shape index (κ1) is 36.1. The van der Waals surface area contributed by atoms with Crippen molar-refractivity contribution in [3.8, 4) is 18.1 Å². The first-order valence-corrected chi connectivity index (χ1v) is 19.0. The van der Waals surface area contributed by atoms with Gasteiger partial charge in [-0.3, -0.25) is 9.59 Å². The van der Waals surface area contributed by atoms with Gasteiger partial charge in [0.15, 0.2) is 12.4 Å². The zero-order valence-corrected chi connectivity index (χ0v) is 32.0. The van der Waals surface area contributed by atoms with Crippen molar-refractivity contribution in [3.05, 3.63) is 70.5 Å². The van der Waals surface area contributed by atoms with Gasteiger partial charge in [0.25, 0.3) is 0 Å². The maximum absolute atomic E-state index is 13.9. The van der Waals surface area contributed by atoms with E-state index in [1.54, 1.807) is 18.1 Å². The fourth-order valence-electron chi connectivity index (χ4n) is 11.2. The Bertz CT molecular complexity index is 1870. The molecule has 1 heterocycles. The summed E-state index contributed by atoms with van der Waals surface area (Å²) in [5.74, 6) is 3.28. The van der Waals surface area contributed by atoms with E-state index in [2.05, 4.69) is 57.6 Å². The molecule has 5 aliphatic carbocycles. The third-order valence-corrected chi connectivity index (χ3v) is 14.8. The fraction of sp³-hybridized carbons (Fsp3) is 0.568. The van der Waals surface area contributed by atoms with Gasteiger partial charge in [-0.2, -0.15) is 0 Å². The molecule has 52 heavy (non-hydrogen) atoms. The fourth-order valence-corrected chi connectivity index (χ4v) is 11.2. The van der Waals surface area contributed by atoms with Gasteiger partial charge in [-0.1, -0.05) is 63.5 Å². The largest absolute Gasteiger partial charge is 0.495 e. The molecule has 1 aliphatic heterocycles. The van der Waals surface area contributed by atoms with E-state index in [4.69, 9.17) is 20.6 Å². The Hall–Kier alpha value is -4.25. The molecule has 1 aromatic rings. The number of hydrogen-bond acceptors (Lipinski definition) is 7. The molecule has 0 unspecified atom stereocenters. The molecule has 0 spiro atoms. The minimum atomic E-state index is -0.561. The number of methoxy groups -OCH3 is 1. The maximum Gasteiger partial charge on any atom is 0.415 e. The molecule has 3 saturated carbocycles. The molecule has 0 N–H and O–H groups in total. The summed E-state index contributed by atoms with van der Waals surface area (Å²) in [5, 5.41) is 0. The van der Waals surface area contributed by atoms with E-state index < -0.39 is 11.5 Å². The Balaban J connectivity index is 1.13. The normalized spacial score (nSPS) is 35.4. The van der Waals surface area contributed by atoms with Gasteiger partial charge in [0.1, 0.15) is 5.75 Å². The molecule has 0 bridgehead atoms. The summed E-state index contributed by atoms with van der Waals surface area (Å²) >= 11 is 0. The summed E-state index contributed by atoms with van der Waals surface area (Å²) in [6.07, 6.45) is 17.8. The molecule has 1 amide bonds.